The first-order valence-electron chi connectivity index (χ1n) is 12.1. The molecule has 0 saturated heterocycles. The molecule has 0 aliphatic heterocycles. The molecule has 0 spiro atoms. The monoisotopic (exact) mass is 550 g/mol. The van der Waals surface area contributed by atoms with Crippen LogP contribution in [0.4, 0.5) is 10.7 Å². The molecule has 0 bridgehead atoms. The number of nitrogens with zero attached hydrogens (tertiary/aromatic N) is 2. The molecule has 0 saturated carbocycles. The highest BCUT2D eigenvalue weighted by Gasteiger charge is 2.15. The SMILES string of the molecule is CC(C)(C)OC(=O)NCCOCCOCCOCCOc1ccc(C(=O)N/N=C/c2ccc([N+](=O)[O-])o2)cc1. The van der Waals surface area contributed by atoms with Crippen molar-refractivity contribution >= 4 is 24.1 Å². The van der Waals surface area contributed by atoms with E-state index in [4.69, 9.17) is 28.1 Å². The van der Waals surface area contributed by atoms with Crippen LogP contribution < -0.4 is 15.5 Å². The number of alkyl carbamates (subject to hydrolysis) is 1. The van der Waals surface area contributed by atoms with Crippen LogP contribution >= 0.6 is 0 Å². The molecule has 39 heavy (non-hydrogen) atoms. The van der Waals surface area contributed by atoms with Crippen LogP contribution in [0.5, 0.6) is 5.75 Å². The lowest BCUT2D eigenvalue weighted by Crippen LogP contribution is -2.34. The lowest BCUT2D eigenvalue weighted by Gasteiger charge is -2.19. The normalized spacial score (nSPS) is 11.4. The van der Waals surface area contributed by atoms with E-state index in [2.05, 4.69) is 15.8 Å². The van der Waals surface area contributed by atoms with Crippen LogP contribution in [0.3, 0.4) is 0 Å². The fraction of sp³-hybridized carbons (Fsp3) is 0.480. The predicted molar refractivity (Wildman–Crippen MR) is 139 cm³/mol. The molecule has 0 aliphatic carbocycles. The van der Waals surface area contributed by atoms with Crippen LogP contribution in [0.2, 0.25) is 0 Å². The molecule has 2 rings (SSSR count). The first kappa shape index (κ1) is 31.2. The van der Waals surface area contributed by atoms with E-state index >= 15 is 0 Å². The molecule has 0 fully saturated rings. The van der Waals surface area contributed by atoms with Crippen LogP contribution in [0.25, 0.3) is 0 Å². The number of hydrogen-bond acceptors (Lipinski definition) is 11. The Bertz CT molecular complexity index is 1060. The van der Waals surface area contributed by atoms with Crippen molar-refractivity contribution in [3.05, 3.63) is 57.8 Å². The Morgan fingerprint density at radius 1 is 0.949 bits per heavy atom. The highest BCUT2D eigenvalue weighted by Crippen LogP contribution is 2.14. The summed E-state index contributed by atoms with van der Waals surface area (Å²) in [6.45, 7) is 8.38. The molecular weight excluding hydrogens is 516 g/mol. The number of amides is 2. The molecule has 2 N–H and O–H groups in total. The molecule has 1 heterocycles. The molecule has 0 radical (unpaired) electrons. The summed E-state index contributed by atoms with van der Waals surface area (Å²) in [5.41, 5.74) is 2.13. The maximum atomic E-state index is 12.1. The van der Waals surface area contributed by atoms with Crippen LogP contribution in [-0.2, 0) is 18.9 Å². The fourth-order valence-electron chi connectivity index (χ4n) is 2.73. The summed E-state index contributed by atoms with van der Waals surface area (Å²) in [4.78, 5) is 33.5. The van der Waals surface area contributed by atoms with E-state index in [0.29, 0.717) is 64.1 Å². The van der Waals surface area contributed by atoms with Crippen molar-refractivity contribution in [2.75, 3.05) is 52.8 Å². The third-order valence-corrected chi connectivity index (χ3v) is 4.42. The smallest absolute Gasteiger partial charge is 0.433 e. The minimum atomic E-state index is -0.669. The Balaban J connectivity index is 1.46. The van der Waals surface area contributed by atoms with E-state index in [0.717, 1.165) is 6.21 Å². The number of nitro groups is 1. The van der Waals surface area contributed by atoms with Gasteiger partial charge in [0, 0.05) is 12.1 Å². The summed E-state index contributed by atoms with van der Waals surface area (Å²) in [6, 6.07) is 8.98. The predicted octanol–water partition coefficient (Wildman–Crippen LogP) is 2.91. The number of carbonyl (C=O) groups excluding carboxylic acids is 2. The second kappa shape index (κ2) is 16.8. The zero-order valence-corrected chi connectivity index (χ0v) is 22.2. The molecule has 1 aromatic carbocycles. The lowest BCUT2D eigenvalue weighted by atomic mass is 10.2. The molecule has 0 atom stereocenters. The second-order valence-electron chi connectivity index (χ2n) is 8.77. The topological polar surface area (TPSA) is 173 Å². The molecule has 2 aromatic rings. The van der Waals surface area contributed by atoms with Crippen LogP contribution in [-0.4, -0.2) is 81.5 Å². The van der Waals surface area contributed by atoms with Gasteiger partial charge in [0.2, 0.25) is 0 Å². The van der Waals surface area contributed by atoms with Crippen LogP contribution in [0.15, 0.2) is 45.9 Å². The van der Waals surface area contributed by atoms with Gasteiger partial charge in [-0.25, -0.2) is 10.2 Å². The summed E-state index contributed by atoms with van der Waals surface area (Å²) in [6.07, 6.45) is 0.686. The quantitative estimate of drug-likeness (QED) is 0.129. The minimum absolute atomic E-state index is 0.134. The number of ether oxygens (including phenoxy) is 5. The number of furan rings is 1. The standard InChI is InChI=1S/C25H34N4O10/c1-25(2,3)39-24(31)26-10-11-34-12-13-35-14-15-36-16-17-37-20-6-4-19(5-7-20)23(30)28-27-18-21-8-9-22(38-21)29(32)33/h4-9,18H,10-17H2,1-3H3,(H,26,31)(H,28,30)/b27-18+. The van der Waals surface area contributed by atoms with Gasteiger partial charge in [-0.2, -0.15) is 5.10 Å². The highest BCUT2D eigenvalue weighted by molar-refractivity contribution is 5.94. The Morgan fingerprint density at radius 3 is 2.15 bits per heavy atom. The van der Waals surface area contributed by atoms with Gasteiger partial charge >= 0.3 is 12.0 Å². The van der Waals surface area contributed by atoms with Gasteiger partial charge in [0.05, 0.1) is 51.9 Å². The van der Waals surface area contributed by atoms with Gasteiger partial charge in [-0.15, -0.1) is 0 Å². The van der Waals surface area contributed by atoms with Crippen molar-refractivity contribution in [2.24, 2.45) is 5.10 Å². The van der Waals surface area contributed by atoms with E-state index in [1.165, 1.54) is 12.1 Å². The Labute approximate surface area is 225 Å². The number of carbonyl (C=O) groups is 2. The van der Waals surface area contributed by atoms with Crippen molar-refractivity contribution < 1.29 is 42.6 Å². The van der Waals surface area contributed by atoms with E-state index in [1.54, 1.807) is 45.0 Å². The van der Waals surface area contributed by atoms with E-state index < -0.39 is 28.4 Å². The van der Waals surface area contributed by atoms with Gasteiger partial charge in [0.15, 0.2) is 5.76 Å². The molecule has 14 nitrogen and oxygen atoms in total. The van der Waals surface area contributed by atoms with E-state index in [1.807, 2.05) is 0 Å². The van der Waals surface area contributed by atoms with Crippen molar-refractivity contribution in [1.29, 1.82) is 0 Å². The Morgan fingerprint density at radius 2 is 1.56 bits per heavy atom. The summed E-state index contributed by atoms with van der Waals surface area (Å²) >= 11 is 0. The number of rotatable bonds is 17. The minimum Gasteiger partial charge on any atom is -0.491 e. The van der Waals surface area contributed by atoms with Crippen LogP contribution in [0, 0.1) is 10.1 Å². The zero-order valence-electron chi connectivity index (χ0n) is 22.2. The maximum Gasteiger partial charge on any atom is 0.433 e. The summed E-state index contributed by atoms with van der Waals surface area (Å²) < 4.78 is 31.8. The molecule has 2 amide bonds. The Kier molecular flexibility index (Phi) is 13.4. The van der Waals surface area contributed by atoms with Gasteiger partial charge in [-0.1, -0.05) is 0 Å². The van der Waals surface area contributed by atoms with E-state index in [9.17, 15) is 19.7 Å². The molecular formula is C25H34N4O10. The largest absolute Gasteiger partial charge is 0.491 e. The van der Waals surface area contributed by atoms with Crippen molar-refractivity contribution in [3.63, 3.8) is 0 Å². The van der Waals surface area contributed by atoms with Crippen LogP contribution in [0.1, 0.15) is 36.9 Å². The summed E-state index contributed by atoms with van der Waals surface area (Å²) in [5.74, 6) is -0.182. The summed E-state index contributed by atoms with van der Waals surface area (Å²) in [7, 11) is 0. The fourth-order valence-corrected chi connectivity index (χ4v) is 2.73. The molecule has 214 valence electrons. The molecule has 0 unspecified atom stereocenters. The van der Waals surface area contributed by atoms with E-state index in [-0.39, 0.29) is 5.76 Å². The first-order chi connectivity index (χ1) is 18.6. The van der Waals surface area contributed by atoms with Crippen molar-refractivity contribution in [3.8, 4) is 5.75 Å². The van der Waals surface area contributed by atoms with Gasteiger partial charge in [-0.05, 0) is 51.1 Å². The average molecular weight is 551 g/mol. The van der Waals surface area contributed by atoms with Crippen molar-refractivity contribution in [1.82, 2.24) is 10.7 Å². The lowest BCUT2D eigenvalue weighted by molar-refractivity contribution is -0.402. The number of benzene rings is 1. The second-order valence-corrected chi connectivity index (χ2v) is 8.77. The number of hydrazone groups is 1. The first-order valence-corrected chi connectivity index (χ1v) is 12.1. The third-order valence-electron chi connectivity index (χ3n) is 4.42. The maximum absolute atomic E-state index is 12.1. The van der Waals surface area contributed by atoms with Gasteiger partial charge in [-0.3, -0.25) is 14.9 Å². The highest BCUT2D eigenvalue weighted by atomic mass is 16.6. The zero-order chi connectivity index (χ0) is 28.5. The number of nitrogens with one attached hydrogen (secondary N) is 2. The molecule has 1 aromatic heterocycles. The van der Waals surface area contributed by atoms with Gasteiger partial charge in [0.25, 0.3) is 5.91 Å². The summed E-state index contributed by atoms with van der Waals surface area (Å²) in [5, 5.41) is 16.9. The van der Waals surface area contributed by atoms with Gasteiger partial charge < -0.3 is 33.4 Å². The molecule has 14 heteroatoms. The van der Waals surface area contributed by atoms with Crippen molar-refractivity contribution in [2.45, 2.75) is 26.4 Å². The molecule has 0 aliphatic rings. The number of hydrogen-bond donors (Lipinski definition) is 2. The third kappa shape index (κ3) is 13.9. The average Bonchev–Trinajstić information content (AvgIpc) is 3.35. The van der Waals surface area contributed by atoms with Gasteiger partial charge in [0.1, 0.15) is 22.9 Å². The Hall–Kier alpha value is -4.01.